The monoisotopic (exact) mass is 401 g/mol. The van der Waals surface area contributed by atoms with Gasteiger partial charge >= 0.3 is 6.09 Å². The molecule has 2 heterocycles. The molecule has 1 amide bonds. The summed E-state index contributed by atoms with van der Waals surface area (Å²) in [7, 11) is 0. The summed E-state index contributed by atoms with van der Waals surface area (Å²) >= 11 is 4.05. The van der Waals surface area contributed by atoms with E-state index in [-0.39, 0.29) is 10.4 Å². The lowest BCUT2D eigenvalue weighted by molar-refractivity contribution is -0.00321. The highest BCUT2D eigenvalue weighted by atomic mass is 79.9. The van der Waals surface area contributed by atoms with Crippen LogP contribution in [0.3, 0.4) is 0 Å². The van der Waals surface area contributed by atoms with E-state index in [0.717, 1.165) is 32.5 Å². The molecule has 5 heteroatoms. The number of carbonyl (C=O) groups is 1. The van der Waals surface area contributed by atoms with Crippen molar-refractivity contribution in [3.8, 4) is 0 Å². The lowest BCUT2D eigenvalue weighted by Crippen LogP contribution is -2.44. The van der Waals surface area contributed by atoms with E-state index in [4.69, 9.17) is 9.47 Å². The molecule has 3 fully saturated rings. The first-order chi connectivity index (χ1) is 11.2. The second kappa shape index (κ2) is 6.79. The molecule has 3 aliphatic rings. The summed E-state index contributed by atoms with van der Waals surface area (Å²) in [5.74, 6) is 1.51. The number of hydrogen-bond donors (Lipinski definition) is 0. The van der Waals surface area contributed by atoms with Gasteiger partial charge in [-0.05, 0) is 58.8 Å². The van der Waals surface area contributed by atoms with Crippen LogP contribution in [0.2, 0.25) is 0 Å². The Bertz CT molecular complexity index is 474. The molecule has 2 saturated heterocycles. The molecule has 0 aromatic heterocycles. The van der Waals surface area contributed by atoms with Crippen molar-refractivity contribution < 1.29 is 14.3 Å². The summed E-state index contributed by atoms with van der Waals surface area (Å²) in [6.07, 6.45) is 6.07. The lowest BCUT2D eigenvalue weighted by atomic mass is 9.73. The van der Waals surface area contributed by atoms with Crippen molar-refractivity contribution in [3.63, 3.8) is 0 Å². The van der Waals surface area contributed by atoms with E-state index >= 15 is 0 Å². The Labute approximate surface area is 154 Å². The van der Waals surface area contributed by atoms with Crippen LogP contribution < -0.4 is 0 Å². The molecule has 0 N–H and O–H groups in total. The predicted octanol–water partition coefficient (Wildman–Crippen LogP) is 4.60. The molecule has 24 heavy (non-hydrogen) atoms. The maximum absolute atomic E-state index is 12.5. The standard InChI is InChI=1S/C19H32BrNO3/c1-18(2,3)24-17(22)21-11-13-8-10-23-15-7-5-6-9-19(4,20)16(15)14(13)12-21/h13-16H,5-12H2,1-4H3. The fourth-order valence-electron chi connectivity index (χ4n) is 4.91. The first-order valence-corrected chi connectivity index (χ1v) is 10.3. The Hall–Kier alpha value is -0.290. The van der Waals surface area contributed by atoms with Gasteiger partial charge in [0.1, 0.15) is 5.60 Å². The third-order valence-corrected chi connectivity index (χ3v) is 6.85. The van der Waals surface area contributed by atoms with Gasteiger partial charge in [0.15, 0.2) is 0 Å². The van der Waals surface area contributed by atoms with Crippen LogP contribution >= 0.6 is 15.9 Å². The molecule has 4 nitrogen and oxygen atoms in total. The highest BCUT2D eigenvalue weighted by molar-refractivity contribution is 9.10. The maximum atomic E-state index is 12.5. The molecule has 1 saturated carbocycles. The minimum absolute atomic E-state index is 0.103. The normalized spacial score (nSPS) is 40.3. The zero-order valence-corrected chi connectivity index (χ0v) is 17.1. The Morgan fingerprint density at radius 1 is 1.25 bits per heavy atom. The maximum Gasteiger partial charge on any atom is 0.410 e. The first kappa shape index (κ1) is 18.5. The van der Waals surface area contributed by atoms with Crippen LogP contribution in [-0.4, -0.2) is 46.7 Å². The van der Waals surface area contributed by atoms with Gasteiger partial charge in [-0.1, -0.05) is 28.8 Å². The largest absolute Gasteiger partial charge is 0.444 e. The van der Waals surface area contributed by atoms with Crippen molar-refractivity contribution in [2.45, 2.75) is 75.8 Å². The summed E-state index contributed by atoms with van der Waals surface area (Å²) in [5, 5.41) is 0. The molecule has 1 aliphatic carbocycles. The van der Waals surface area contributed by atoms with Crippen LogP contribution in [-0.2, 0) is 9.47 Å². The summed E-state index contributed by atoms with van der Waals surface area (Å²) in [6, 6.07) is 0. The molecular formula is C19H32BrNO3. The average Bonchev–Trinajstić information content (AvgIpc) is 2.68. The van der Waals surface area contributed by atoms with E-state index < -0.39 is 5.60 Å². The Balaban J connectivity index is 1.79. The van der Waals surface area contributed by atoms with Crippen molar-refractivity contribution in [2.24, 2.45) is 17.8 Å². The summed E-state index contributed by atoms with van der Waals surface area (Å²) in [6.45, 7) is 10.6. The molecule has 0 bridgehead atoms. The molecule has 0 aromatic carbocycles. The molecule has 138 valence electrons. The summed E-state index contributed by atoms with van der Waals surface area (Å²) < 4.78 is 12.0. The van der Waals surface area contributed by atoms with E-state index in [9.17, 15) is 4.79 Å². The van der Waals surface area contributed by atoms with Gasteiger partial charge in [0.05, 0.1) is 6.10 Å². The van der Waals surface area contributed by atoms with Gasteiger partial charge in [-0.2, -0.15) is 0 Å². The number of likely N-dealkylation sites (tertiary alicyclic amines) is 1. The van der Waals surface area contributed by atoms with Crippen LogP contribution in [0.4, 0.5) is 4.79 Å². The number of ether oxygens (including phenoxy) is 2. The summed E-state index contributed by atoms with van der Waals surface area (Å²) in [5.41, 5.74) is -0.431. The van der Waals surface area contributed by atoms with Crippen molar-refractivity contribution in [1.29, 1.82) is 0 Å². The van der Waals surface area contributed by atoms with E-state index in [1.165, 1.54) is 19.3 Å². The van der Waals surface area contributed by atoms with Crippen LogP contribution in [0.5, 0.6) is 0 Å². The topological polar surface area (TPSA) is 38.8 Å². The van der Waals surface area contributed by atoms with Gasteiger partial charge in [-0.15, -0.1) is 0 Å². The molecular weight excluding hydrogens is 370 g/mol. The molecule has 2 aliphatic heterocycles. The number of halogens is 1. The van der Waals surface area contributed by atoms with Crippen LogP contribution in [0, 0.1) is 17.8 Å². The van der Waals surface area contributed by atoms with Crippen molar-refractivity contribution in [2.75, 3.05) is 19.7 Å². The molecule has 5 atom stereocenters. The van der Waals surface area contributed by atoms with E-state index in [1.54, 1.807) is 0 Å². The molecule has 5 unspecified atom stereocenters. The van der Waals surface area contributed by atoms with Crippen LogP contribution in [0.25, 0.3) is 0 Å². The van der Waals surface area contributed by atoms with Crippen molar-refractivity contribution in [3.05, 3.63) is 0 Å². The summed E-state index contributed by atoms with van der Waals surface area (Å²) in [4.78, 5) is 14.5. The molecule has 3 rings (SSSR count). The van der Waals surface area contributed by atoms with E-state index in [0.29, 0.717) is 23.9 Å². The lowest BCUT2D eigenvalue weighted by Gasteiger charge is -2.39. The van der Waals surface area contributed by atoms with E-state index in [1.807, 2.05) is 25.7 Å². The first-order valence-electron chi connectivity index (χ1n) is 9.46. The molecule has 0 spiro atoms. The second-order valence-electron chi connectivity index (χ2n) is 9.06. The van der Waals surface area contributed by atoms with Crippen molar-refractivity contribution >= 4 is 22.0 Å². The highest BCUT2D eigenvalue weighted by Crippen LogP contribution is 2.50. The number of amides is 1. The van der Waals surface area contributed by atoms with Gasteiger partial charge in [-0.3, -0.25) is 0 Å². The second-order valence-corrected chi connectivity index (χ2v) is 10.9. The Morgan fingerprint density at radius 3 is 2.71 bits per heavy atom. The number of fused-ring (bicyclic) bond motifs is 3. The molecule has 0 aromatic rings. The minimum Gasteiger partial charge on any atom is -0.444 e. The third kappa shape index (κ3) is 3.92. The molecule has 0 radical (unpaired) electrons. The number of nitrogens with zero attached hydrogens (tertiary/aromatic N) is 1. The van der Waals surface area contributed by atoms with Gasteiger partial charge in [0.2, 0.25) is 0 Å². The smallest absolute Gasteiger partial charge is 0.410 e. The predicted molar refractivity (Wildman–Crippen MR) is 98.4 cm³/mol. The highest BCUT2D eigenvalue weighted by Gasteiger charge is 2.51. The van der Waals surface area contributed by atoms with Gasteiger partial charge in [0, 0.05) is 29.9 Å². The van der Waals surface area contributed by atoms with Gasteiger partial charge < -0.3 is 14.4 Å². The zero-order chi connectivity index (χ0) is 17.5. The quantitative estimate of drug-likeness (QED) is 0.556. The third-order valence-electron chi connectivity index (χ3n) is 5.92. The number of hydrogen-bond acceptors (Lipinski definition) is 3. The van der Waals surface area contributed by atoms with Gasteiger partial charge in [-0.25, -0.2) is 4.79 Å². The minimum atomic E-state index is -0.431. The van der Waals surface area contributed by atoms with Crippen LogP contribution in [0.15, 0.2) is 0 Å². The fourth-order valence-corrected chi connectivity index (χ4v) is 5.83. The average molecular weight is 402 g/mol. The van der Waals surface area contributed by atoms with Crippen LogP contribution in [0.1, 0.15) is 59.8 Å². The number of alkyl halides is 1. The fraction of sp³-hybridized carbons (Fsp3) is 0.947. The number of carbonyl (C=O) groups excluding carboxylic acids is 1. The number of rotatable bonds is 0. The SMILES string of the molecule is CC(C)(C)OC(=O)N1CC2CCOC3CCCCC(C)(Br)C3C2C1. The van der Waals surface area contributed by atoms with E-state index in [2.05, 4.69) is 22.9 Å². The Morgan fingerprint density at radius 2 is 2.00 bits per heavy atom. The Kier molecular flexibility index (Phi) is 5.23. The van der Waals surface area contributed by atoms with Crippen molar-refractivity contribution in [1.82, 2.24) is 4.90 Å². The zero-order valence-electron chi connectivity index (χ0n) is 15.5. The van der Waals surface area contributed by atoms with Gasteiger partial charge in [0.25, 0.3) is 0 Å².